The van der Waals surface area contributed by atoms with Crippen LogP contribution in [0.3, 0.4) is 0 Å². The van der Waals surface area contributed by atoms with E-state index in [1.54, 1.807) is 0 Å². The summed E-state index contributed by atoms with van der Waals surface area (Å²) in [6.45, 7) is 1.66. The van der Waals surface area contributed by atoms with E-state index in [9.17, 15) is 22.7 Å². The molecule has 1 N–H and O–H groups in total. The van der Waals surface area contributed by atoms with Crippen molar-refractivity contribution in [3.63, 3.8) is 0 Å². The van der Waals surface area contributed by atoms with Gasteiger partial charge in [-0.15, -0.1) is 0 Å². The van der Waals surface area contributed by atoms with Crippen molar-refractivity contribution in [1.29, 1.82) is 0 Å². The number of benzene rings is 1. The number of aliphatic carboxylic acids is 1. The molecule has 1 aromatic carbocycles. The maximum Gasteiger partial charge on any atom is 0.310 e. The number of methoxy groups -OCH3 is 1. The van der Waals surface area contributed by atoms with Gasteiger partial charge >= 0.3 is 5.97 Å². The number of aryl methyl sites for hydroxylation is 1. The smallest absolute Gasteiger partial charge is 0.310 e. The molecule has 0 bridgehead atoms. The molecule has 1 heterocycles. The number of nitrogens with zero attached hydrogens (tertiary/aromatic N) is 1. The molecule has 1 aromatic rings. The summed E-state index contributed by atoms with van der Waals surface area (Å²) >= 11 is 0. The highest BCUT2D eigenvalue weighted by atomic mass is 32.2. The Hall–Kier alpha value is -1.51. The maximum atomic E-state index is 13.2. The molecule has 122 valence electrons. The van der Waals surface area contributed by atoms with E-state index in [2.05, 4.69) is 0 Å². The van der Waals surface area contributed by atoms with Gasteiger partial charge in [0.1, 0.15) is 12.0 Å². The van der Waals surface area contributed by atoms with Crippen molar-refractivity contribution in [3.8, 4) is 0 Å². The summed E-state index contributed by atoms with van der Waals surface area (Å²) in [5, 5.41) is 9.23. The molecule has 22 heavy (non-hydrogen) atoms. The zero-order valence-corrected chi connectivity index (χ0v) is 13.1. The van der Waals surface area contributed by atoms with Crippen LogP contribution in [0.4, 0.5) is 4.39 Å². The number of ether oxygens (including phenoxy) is 1. The number of sulfonamides is 1. The van der Waals surface area contributed by atoms with E-state index >= 15 is 0 Å². The summed E-state index contributed by atoms with van der Waals surface area (Å²) in [6.07, 6.45) is -0.292. The molecule has 1 aliphatic rings. The Bertz CT molecular complexity index is 676. The fourth-order valence-electron chi connectivity index (χ4n) is 2.75. The van der Waals surface area contributed by atoms with E-state index in [-0.39, 0.29) is 17.0 Å². The largest absolute Gasteiger partial charge is 0.481 e. The zero-order chi connectivity index (χ0) is 16.5. The zero-order valence-electron chi connectivity index (χ0n) is 12.3. The first-order valence-electron chi connectivity index (χ1n) is 6.82. The number of carboxylic acid groups (broad SMARTS) is 1. The number of carboxylic acids is 1. The van der Waals surface area contributed by atoms with Crippen LogP contribution in [-0.4, -0.2) is 43.7 Å². The Morgan fingerprint density at radius 1 is 1.45 bits per heavy atom. The second kappa shape index (κ2) is 6.31. The predicted molar refractivity (Wildman–Crippen MR) is 76.2 cm³/mol. The molecule has 1 aliphatic heterocycles. The molecule has 8 heteroatoms. The lowest BCUT2D eigenvalue weighted by Gasteiger charge is -2.37. The molecular weight excluding hydrogens is 313 g/mol. The van der Waals surface area contributed by atoms with E-state index in [0.717, 1.165) is 16.4 Å². The molecule has 1 saturated heterocycles. The second-order valence-corrected chi connectivity index (χ2v) is 7.10. The molecule has 0 amide bonds. The highest BCUT2D eigenvalue weighted by Crippen LogP contribution is 2.31. The number of carbonyl (C=O) groups is 1. The van der Waals surface area contributed by atoms with Crippen molar-refractivity contribution in [3.05, 3.63) is 29.6 Å². The topological polar surface area (TPSA) is 83.9 Å². The average Bonchev–Trinajstić information content (AvgIpc) is 2.45. The van der Waals surface area contributed by atoms with Crippen LogP contribution < -0.4 is 0 Å². The molecule has 0 saturated carbocycles. The number of hydrogen-bond donors (Lipinski definition) is 1. The minimum Gasteiger partial charge on any atom is -0.481 e. The molecule has 2 atom stereocenters. The van der Waals surface area contributed by atoms with Crippen LogP contribution in [0, 0.1) is 18.7 Å². The lowest BCUT2D eigenvalue weighted by molar-refractivity contribution is -0.154. The van der Waals surface area contributed by atoms with Crippen molar-refractivity contribution >= 4 is 16.0 Å². The van der Waals surface area contributed by atoms with Gasteiger partial charge in [0.2, 0.25) is 10.0 Å². The number of hydrogen-bond acceptors (Lipinski definition) is 4. The van der Waals surface area contributed by atoms with Crippen molar-refractivity contribution < 1.29 is 27.4 Å². The third-order valence-corrected chi connectivity index (χ3v) is 5.83. The SMILES string of the molecule is COC1C(C(=O)O)CCCN1S(=O)(=O)c1ccc(F)cc1C. The average molecular weight is 331 g/mol. The van der Waals surface area contributed by atoms with E-state index in [0.29, 0.717) is 12.8 Å². The minimum atomic E-state index is -3.96. The van der Waals surface area contributed by atoms with Gasteiger partial charge < -0.3 is 9.84 Å². The van der Waals surface area contributed by atoms with Crippen molar-refractivity contribution in [1.82, 2.24) is 4.31 Å². The Balaban J connectivity index is 2.44. The van der Waals surface area contributed by atoms with Gasteiger partial charge in [0.25, 0.3) is 0 Å². The lowest BCUT2D eigenvalue weighted by Crippen LogP contribution is -2.51. The van der Waals surface area contributed by atoms with Gasteiger partial charge in [0.05, 0.1) is 10.8 Å². The van der Waals surface area contributed by atoms with Crippen molar-refractivity contribution in [2.24, 2.45) is 5.92 Å². The fourth-order valence-corrected chi connectivity index (χ4v) is 4.58. The van der Waals surface area contributed by atoms with Gasteiger partial charge in [-0.2, -0.15) is 4.31 Å². The number of halogens is 1. The van der Waals surface area contributed by atoms with Gasteiger partial charge in [0.15, 0.2) is 0 Å². The van der Waals surface area contributed by atoms with Crippen LogP contribution in [0.5, 0.6) is 0 Å². The second-order valence-electron chi connectivity index (χ2n) is 5.24. The highest BCUT2D eigenvalue weighted by Gasteiger charge is 2.42. The Kier molecular flexibility index (Phi) is 4.84. The van der Waals surface area contributed by atoms with Crippen LogP contribution >= 0.6 is 0 Å². The van der Waals surface area contributed by atoms with Gasteiger partial charge in [0, 0.05) is 13.7 Å². The minimum absolute atomic E-state index is 0.0398. The molecule has 0 aromatic heterocycles. The summed E-state index contributed by atoms with van der Waals surface area (Å²) in [7, 11) is -2.68. The molecule has 6 nitrogen and oxygen atoms in total. The van der Waals surface area contributed by atoms with Crippen LogP contribution in [-0.2, 0) is 19.6 Å². The molecule has 0 aliphatic carbocycles. The van der Waals surface area contributed by atoms with Gasteiger partial charge in [-0.25, -0.2) is 12.8 Å². The third kappa shape index (κ3) is 2.99. The number of piperidine rings is 1. The number of rotatable bonds is 4. The van der Waals surface area contributed by atoms with Crippen molar-refractivity contribution in [2.75, 3.05) is 13.7 Å². The summed E-state index contributed by atoms with van der Waals surface area (Å²) < 4.78 is 44.9. The normalized spacial score (nSPS) is 23.4. The quantitative estimate of drug-likeness (QED) is 0.906. The van der Waals surface area contributed by atoms with Crippen LogP contribution in [0.1, 0.15) is 18.4 Å². The summed E-state index contributed by atoms with van der Waals surface area (Å²) in [5.41, 5.74) is 0.271. The Labute approximate surface area is 128 Å². The molecule has 1 fully saturated rings. The van der Waals surface area contributed by atoms with Gasteiger partial charge in [-0.3, -0.25) is 4.79 Å². The first-order valence-corrected chi connectivity index (χ1v) is 8.26. The molecule has 2 unspecified atom stereocenters. The molecule has 2 rings (SSSR count). The third-order valence-electron chi connectivity index (χ3n) is 3.80. The Morgan fingerprint density at radius 2 is 2.14 bits per heavy atom. The summed E-state index contributed by atoms with van der Waals surface area (Å²) in [5.74, 6) is -2.54. The monoisotopic (exact) mass is 331 g/mol. The van der Waals surface area contributed by atoms with Crippen LogP contribution in [0.25, 0.3) is 0 Å². The maximum absolute atomic E-state index is 13.2. The molecule has 0 radical (unpaired) electrons. The van der Waals surface area contributed by atoms with E-state index in [4.69, 9.17) is 4.74 Å². The molecule has 0 spiro atoms. The van der Waals surface area contributed by atoms with Gasteiger partial charge in [-0.1, -0.05) is 0 Å². The summed E-state index contributed by atoms with van der Waals surface area (Å²) in [6, 6.07) is 3.39. The molecular formula is C14H18FNO5S. The highest BCUT2D eigenvalue weighted by molar-refractivity contribution is 7.89. The first-order chi connectivity index (χ1) is 10.3. The lowest BCUT2D eigenvalue weighted by atomic mass is 9.98. The van der Waals surface area contributed by atoms with Crippen LogP contribution in [0.15, 0.2) is 23.1 Å². The van der Waals surface area contributed by atoms with E-state index in [1.165, 1.54) is 20.1 Å². The van der Waals surface area contributed by atoms with Gasteiger partial charge in [-0.05, 0) is 43.5 Å². The summed E-state index contributed by atoms with van der Waals surface area (Å²) in [4.78, 5) is 11.3. The fraction of sp³-hybridized carbons (Fsp3) is 0.500. The standard InChI is InChI=1S/C14H18FNO5S/c1-9-8-10(15)5-6-12(9)22(19,20)16-7-3-4-11(14(17)18)13(16)21-2/h5-6,8,11,13H,3-4,7H2,1-2H3,(H,17,18). The predicted octanol–water partition coefficient (Wildman–Crippen LogP) is 1.59. The van der Waals surface area contributed by atoms with E-state index in [1.807, 2.05) is 0 Å². The Morgan fingerprint density at radius 3 is 2.68 bits per heavy atom. The first kappa shape index (κ1) is 16.9. The van der Waals surface area contributed by atoms with Crippen molar-refractivity contribution in [2.45, 2.75) is 30.9 Å². The van der Waals surface area contributed by atoms with E-state index < -0.39 is 34.0 Å². The van der Waals surface area contributed by atoms with Crippen LogP contribution in [0.2, 0.25) is 0 Å².